The average Bonchev–Trinajstić information content (AvgIpc) is 2.74. The van der Waals surface area contributed by atoms with Gasteiger partial charge in [0, 0.05) is 22.4 Å². The van der Waals surface area contributed by atoms with Crippen molar-refractivity contribution in [3.63, 3.8) is 0 Å². The molecule has 3 N–H and O–H groups in total. The Hall–Kier alpha value is -3.59. The SMILES string of the molecule is COc1ccc(NC(=O)c2cccnc2Oc2ccc(Br)cc2)cc1OCC(N)=O. The molecule has 0 aliphatic rings. The first-order valence-electron chi connectivity index (χ1n) is 8.75. The number of nitrogens with zero attached hydrogens (tertiary/aromatic N) is 1. The fraction of sp³-hybridized carbons (Fsp3) is 0.0952. The molecule has 0 atom stereocenters. The van der Waals surface area contributed by atoms with Crippen molar-refractivity contribution < 1.29 is 23.8 Å². The van der Waals surface area contributed by atoms with Gasteiger partial charge in [-0.05, 0) is 48.5 Å². The van der Waals surface area contributed by atoms with E-state index in [4.69, 9.17) is 19.9 Å². The largest absolute Gasteiger partial charge is 0.493 e. The summed E-state index contributed by atoms with van der Waals surface area (Å²) >= 11 is 3.36. The van der Waals surface area contributed by atoms with E-state index < -0.39 is 11.8 Å². The maximum atomic E-state index is 12.8. The number of nitrogens with two attached hydrogens (primary N) is 1. The minimum atomic E-state index is -0.628. The van der Waals surface area contributed by atoms with Crippen LogP contribution in [0.4, 0.5) is 5.69 Å². The van der Waals surface area contributed by atoms with Crippen LogP contribution in [0.1, 0.15) is 10.4 Å². The quantitative estimate of drug-likeness (QED) is 0.516. The van der Waals surface area contributed by atoms with E-state index in [-0.39, 0.29) is 23.8 Å². The first kappa shape index (κ1) is 21.1. The molecular formula is C21H18BrN3O5. The molecule has 0 spiro atoms. The third-order valence-electron chi connectivity index (χ3n) is 3.84. The number of ether oxygens (including phenoxy) is 3. The number of nitrogens with one attached hydrogen (secondary N) is 1. The molecule has 0 aliphatic carbocycles. The molecule has 154 valence electrons. The molecule has 30 heavy (non-hydrogen) atoms. The summed E-state index contributed by atoms with van der Waals surface area (Å²) in [5.74, 6) is 0.313. The Morgan fingerprint density at radius 2 is 1.87 bits per heavy atom. The highest BCUT2D eigenvalue weighted by Gasteiger charge is 2.16. The van der Waals surface area contributed by atoms with Crippen LogP contribution < -0.4 is 25.3 Å². The molecule has 8 nitrogen and oxygen atoms in total. The van der Waals surface area contributed by atoms with Gasteiger partial charge in [0.25, 0.3) is 11.8 Å². The molecule has 0 aliphatic heterocycles. The first-order valence-corrected chi connectivity index (χ1v) is 9.54. The topological polar surface area (TPSA) is 113 Å². The lowest BCUT2D eigenvalue weighted by Gasteiger charge is -2.13. The smallest absolute Gasteiger partial charge is 0.261 e. The number of amides is 2. The van der Waals surface area contributed by atoms with Crippen LogP contribution in [-0.4, -0.2) is 30.5 Å². The number of anilines is 1. The number of hydrogen-bond donors (Lipinski definition) is 2. The van der Waals surface area contributed by atoms with Gasteiger partial charge in [-0.15, -0.1) is 0 Å². The summed E-state index contributed by atoms with van der Waals surface area (Å²) in [6.45, 7) is -0.318. The molecule has 2 amide bonds. The lowest BCUT2D eigenvalue weighted by atomic mass is 10.2. The van der Waals surface area contributed by atoms with Gasteiger partial charge in [-0.1, -0.05) is 15.9 Å². The Kier molecular flexibility index (Phi) is 6.87. The van der Waals surface area contributed by atoms with Crippen molar-refractivity contribution >= 4 is 33.4 Å². The van der Waals surface area contributed by atoms with Crippen LogP contribution in [0.3, 0.4) is 0 Å². The lowest BCUT2D eigenvalue weighted by molar-refractivity contribution is -0.119. The van der Waals surface area contributed by atoms with Gasteiger partial charge in [0.1, 0.15) is 11.3 Å². The van der Waals surface area contributed by atoms with Gasteiger partial charge in [-0.25, -0.2) is 4.98 Å². The molecule has 0 fully saturated rings. The predicted molar refractivity (Wildman–Crippen MR) is 114 cm³/mol. The van der Waals surface area contributed by atoms with Crippen LogP contribution in [-0.2, 0) is 4.79 Å². The van der Waals surface area contributed by atoms with Crippen LogP contribution in [0.2, 0.25) is 0 Å². The van der Waals surface area contributed by atoms with Gasteiger partial charge in [0.15, 0.2) is 18.1 Å². The van der Waals surface area contributed by atoms with E-state index in [2.05, 4.69) is 26.2 Å². The summed E-state index contributed by atoms with van der Waals surface area (Å²) in [5, 5.41) is 2.75. The summed E-state index contributed by atoms with van der Waals surface area (Å²) in [5.41, 5.74) is 5.79. The number of halogens is 1. The van der Waals surface area contributed by atoms with Crippen molar-refractivity contribution in [3.05, 3.63) is 70.8 Å². The Bertz CT molecular complexity index is 1060. The Balaban J connectivity index is 1.80. The number of rotatable bonds is 8. The highest BCUT2D eigenvalue weighted by Crippen LogP contribution is 2.31. The minimum Gasteiger partial charge on any atom is -0.493 e. The Morgan fingerprint density at radius 1 is 1.10 bits per heavy atom. The van der Waals surface area contributed by atoms with E-state index in [1.54, 1.807) is 36.4 Å². The van der Waals surface area contributed by atoms with Crippen LogP contribution in [0.5, 0.6) is 23.1 Å². The molecule has 9 heteroatoms. The van der Waals surface area contributed by atoms with Crippen LogP contribution in [0.15, 0.2) is 65.3 Å². The number of methoxy groups -OCH3 is 1. The predicted octanol–water partition coefficient (Wildman–Crippen LogP) is 3.76. The second-order valence-electron chi connectivity index (χ2n) is 5.99. The van der Waals surface area contributed by atoms with Gasteiger partial charge in [-0.2, -0.15) is 0 Å². The number of primary amides is 1. The van der Waals surface area contributed by atoms with Crippen molar-refractivity contribution in [1.82, 2.24) is 4.98 Å². The van der Waals surface area contributed by atoms with E-state index in [1.807, 2.05) is 12.1 Å². The molecule has 3 aromatic rings. The molecular weight excluding hydrogens is 454 g/mol. The zero-order valence-corrected chi connectivity index (χ0v) is 17.5. The van der Waals surface area contributed by atoms with Crippen LogP contribution in [0, 0.1) is 0 Å². The molecule has 2 aromatic carbocycles. The normalized spacial score (nSPS) is 10.2. The van der Waals surface area contributed by atoms with Gasteiger partial charge >= 0.3 is 0 Å². The molecule has 0 bridgehead atoms. The number of carbonyl (C=O) groups excluding carboxylic acids is 2. The van der Waals surface area contributed by atoms with Crippen LogP contribution >= 0.6 is 15.9 Å². The van der Waals surface area contributed by atoms with Crippen molar-refractivity contribution in [2.24, 2.45) is 5.73 Å². The van der Waals surface area contributed by atoms with E-state index in [0.717, 1.165) is 4.47 Å². The Labute approximate surface area is 181 Å². The number of hydrogen-bond acceptors (Lipinski definition) is 6. The number of carbonyl (C=O) groups is 2. The zero-order chi connectivity index (χ0) is 21.5. The summed E-state index contributed by atoms with van der Waals surface area (Å²) < 4.78 is 17.2. The molecule has 0 radical (unpaired) electrons. The zero-order valence-electron chi connectivity index (χ0n) is 15.9. The van der Waals surface area contributed by atoms with Gasteiger partial charge in [0.2, 0.25) is 5.88 Å². The molecule has 3 rings (SSSR count). The first-order chi connectivity index (χ1) is 14.5. The van der Waals surface area contributed by atoms with E-state index in [9.17, 15) is 9.59 Å². The van der Waals surface area contributed by atoms with E-state index in [0.29, 0.717) is 17.2 Å². The lowest BCUT2D eigenvalue weighted by Crippen LogP contribution is -2.20. The summed E-state index contributed by atoms with van der Waals surface area (Å²) in [4.78, 5) is 28.0. The second-order valence-corrected chi connectivity index (χ2v) is 6.90. The van der Waals surface area contributed by atoms with Crippen molar-refractivity contribution in [2.45, 2.75) is 0 Å². The standard InChI is InChI=1S/C21H18BrN3O5/c1-28-17-9-6-14(11-18(17)29-12-19(23)26)25-20(27)16-3-2-10-24-21(16)30-15-7-4-13(22)5-8-15/h2-11H,12H2,1H3,(H2,23,26)(H,25,27). The maximum Gasteiger partial charge on any atom is 0.261 e. The number of pyridine rings is 1. The van der Waals surface area contributed by atoms with Crippen molar-refractivity contribution in [3.8, 4) is 23.1 Å². The fourth-order valence-corrected chi connectivity index (χ4v) is 2.74. The second kappa shape index (κ2) is 9.75. The van der Waals surface area contributed by atoms with Crippen molar-refractivity contribution in [1.29, 1.82) is 0 Å². The molecule has 0 saturated carbocycles. The third-order valence-corrected chi connectivity index (χ3v) is 4.36. The van der Waals surface area contributed by atoms with Crippen LogP contribution in [0.25, 0.3) is 0 Å². The highest BCUT2D eigenvalue weighted by atomic mass is 79.9. The van der Waals surface area contributed by atoms with E-state index >= 15 is 0 Å². The number of aromatic nitrogens is 1. The summed E-state index contributed by atoms with van der Waals surface area (Å²) in [7, 11) is 1.46. The molecule has 1 aromatic heterocycles. The van der Waals surface area contributed by atoms with E-state index in [1.165, 1.54) is 19.4 Å². The fourth-order valence-electron chi connectivity index (χ4n) is 2.47. The maximum absolute atomic E-state index is 12.8. The van der Waals surface area contributed by atoms with Gasteiger partial charge in [0.05, 0.1) is 7.11 Å². The molecule has 0 unspecified atom stereocenters. The molecule has 0 saturated heterocycles. The van der Waals surface area contributed by atoms with Crippen molar-refractivity contribution in [2.75, 3.05) is 19.0 Å². The van der Waals surface area contributed by atoms with Gasteiger partial charge in [-0.3, -0.25) is 9.59 Å². The third kappa shape index (κ3) is 5.48. The van der Waals surface area contributed by atoms with Gasteiger partial charge < -0.3 is 25.3 Å². The minimum absolute atomic E-state index is 0.163. The average molecular weight is 472 g/mol. The summed E-state index contributed by atoms with van der Waals surface area (Å²) in [6.07, 6.45) is 1.54. The monoisotopic (exact) mass is 471 g/mol. The number of benzene rings is 2. The Morgan fingerprint density at radius 3 is 2.57 bits per heavy atom. The highest BCUT2D eigenvalue weighted by molar-refractivity contribution is 9.10. The molecule has 1 heterocycles. The summed E-state index contributed by atoms with van der Waals surface area (Å²) in [6, 6.07) is 15.2.